The van der Waals surface area contributed by atoms with Gasteiger partial charge in [-0.1, -0.05) is 13.3 Å². The van der Waals surface area contributed by atoms with Crippen LogP contribution >= 0.6 is 0 Å². The predicted molar refractivity (Wildman–Crippen MR) is 72.7 cm³/mol. The number of nitrogens with one attached hydrogen (secondary N) is 2. The predicted octanol–water partition coefficient (Wildman–Crippen LogP) is 2.43. The Labute approximate surface area is 108 Å². The van der Waals surface area contributed by atoms with E-state index in [-0.39, 0.29) is 5.91 Å². The van der Waals surface area contributed by atoms with E-state index in [1.807, 2.05) is 13.1 Å². The van der Waals surface area contributed by atoms with Crippen LogP contribution in [0.3, 0.4) is 0 Å². The molecule has 1 heterocycles. The average Bonchev–Trinajstić information content (AvgIpc) is 2.38. The molecule has 0 unspecified atom stereocenters. The number of rotatable bonds is 5. The molecule has 1 amide bonds. The molecule has 1 aliphatic rings. The molecule has 0 atom stereocenters. The maximum atomic E-state index is 12.0. The van der Waals surface area contributed by atoms with E-state index in [1.165, 1.54) is 19.3 Å². The highest BCUT2D eigenvalue weighted by molar-refractivity contribution is 5.92. The molecular formula is C14H21N3O. The lowest BCUT2D eigenvalue weighted by molar-refractivity contribution is 0.0845. The second-order valence-electron chi connectivity index (χ2n) is 5.07. The highest BCUT2D eigenvalue weighted by atomic mass is 16.1. The minimum atomic E-state index is -0.0719. The van der Waals surface area contributed by atoms with Crippen molar-refractivity contribution < 1.29 is 4.79 Å². The van der Waals surface area contributed by atoms with Crippen LogP contribution in [0.2, 0.25) is 0 Å². The summed E-state index contributed by atoms with van der Waals surface area (Å²) >= 11 is 0. The number of aromatic nitrogens is 1. The van der Waals surface area contributed by atoms with Crippen molar-refractivity contribution in [2.75, 3.05) is 18.9 Å². The van der Waals surface area contributed by atoms with E-state index in [9.17, 15) is 4.79 Å². The molecule has 4 heteroatoms. The van der Waals surface area contributed by atoms with Gasteiger partial charge in [0, 0.05) is 13.6 Å². The summed E-state index contributed by atoms with van der Waals surface area (Å²) in [5.74, 6) is -0.0719. The van der Waals surface area contributed by atoms with E-state index in [0.29, 0.717) is 11.1 Å². The second-order valence-corrected chi connectivity index (χ2v) is 5.07. The maximum Gasteiger partial charge on any atom is 0.269 e. The van der Waals surface area contributed by atoms with Gasteiger partial charge >= 0.3 is 0 Å². The summed E-state index contributed by atoms with van der Waals surface area (Å²) < 4.78 is 0. The van der Waals surface area contributed by atoms with Crippen molar-refractivity contribution in [3.05, 3.63) is 24.0 Å². The average molecular weight is 247 g/mol. The van der Waals surface area contributed by atoms with Crippen LogP contribution in [0.5, 0.6) is 0 Å². The fourth-order valence-electron chi connectivity index (χ4n) is 2.37. The standard InChI is InChI=1S/C14H21N3O/c1-3-14(7-4-8-14)10-17-13(18)12-6-5-11(15-2)9-16-12/h5-6,9,15H,3-4,7-8,10H2,1-2H3,(H,17,18). The Morgan fingerprint density at radius 3 is 2.67 bits per heavy atom. The van der Waals surface area contributed by atoms with Crippen molar-refractivity contribution in [2.45, 2.75) is 32.6 Å². The van der Waals surface area contributed by atoms with Crippen LogP contribution in [0.15, 0.2) is 18.3 Å². The molecule has 98 valence electrons. The third-order valence-corrected chi connectivity index (χ3v) is 4.07. The molecule has 4 nitrogen and oxygen atoms in total. The van der Waals surface area contributed by atoms with E-state index < -0.39 is 0 Å². The molecule has 0 aromatic carbocycles. The Balaban J connectivity index is 1.90. The lowest BCUT2D eigenvalue weighted by Crippen LogP contribution is -2.41. The van der Waals surface area contributed by atoms with Crippen LogP contribution in [0.1, 0.15) is 43.1 Å². The van der Waals surface area contributed by atoms with Gasteiger partial charge in [0.25, 0.3) is 5.91 Å². The van der Waals surface area contributed by atoms with Gasteiger partial charge in [0.15, 0.2) is 0 Å². The lowest BCUT2D eigenvalue weighted by Gasteiger charge is -2.41. The van der Waals surface area contributed by atoms with E-state index in [0.717, 1.165) is 18.7 Å². The number of nitrogens with zero attached hydrogens (tertiary/aromatic N) is 1. The fourth-order valence-corrected chi connectivity index (χ4v) is 2.37. The SMILES string of the molecule is CCC1(CNC(=O)c2ccc(NC)cn2)CCC1. The van der Waals surface area contributed by atoms with E-state index in [2.05, 4.69) is 22.5 Å². The van der Waals surface area contributed by atoms with Gasteiger partial charge in [0.1, 0.15) is 5.69 Å². The molecule has 1 aliphatic carbocycles. The van der Waals surface area contributed by atoms with Gasteiger partial charge in [-0.2, -0.15) is 0 Å². The monoisotopic (exact) mass is 247 g/mol. The molecule has 0 radical (unpaired) electrons. The van der Waals surface area contributed by atoms with Crippen molar-refractivity contribution >= 4 is 11.6 Å². The zero-order chi connectivity index (χ0) is 13.0. The molecular weight excluding hydrogens is 226 g/mol. The minimum absolute atomic E-state index is 0.0719. The Kier molecular flexibility index (Phi) is 3.84. The van der Waals surface area contributed by atoms with E-state index in [1.54, 1.807) is 12.3 Å². The Morgan fingerprint density at radius 1 is 1.44 bits per heavy atom. The molecule has 2 N–H and O–H groups in total. The molecule has 0 bridgehead atoms. The van der Waals surface area contributed by atoms with Crippen LogP contribution in [-0.2, 0) is 0 Å². The number of anilines is 1. The molecule has 18 heavy (non-hydrogen) atoms. The Bertz CT molecular complexity index is 404. The van der Waals surface area contributed by atoms with Gasteiger partial charge in [0.2, 0.25) is 0 Å². The molecule has 1 aromatic heterocycles. The fraction of sp³-hybridized carbons (Fsp3) is 0.571. The van der Waals surface area contributed by atoms with Crippen molar-refractivity contribution in [2.24, 2.45) is 5.41 Å². The van der Waals surface area contributed by atoms with Gasteiger partial charge in [0.05, 0.1) is 11.9 Å². The smallest absolute Gasteiger partial charge is 0.269 e. The first-order valence-corrected chi connectivity index (χ1v) is 6.61. The normalized spacial score (nSPS) is 16.8. The first-order chi connectivity index (χ1) is 8.69. The van der Waals surface area contributed by atoms with Crippen molar-refractivity contribution in [1.29, 1.82) is 0 Å². The van der Waals surface area contributed by atoms with Crippen LogP contribution in [0.25, 0.3) is 0 Å². The van der Waals surface area contributed by atoms with Crippen molar-refractivity contribution in [3.63, 3.8) is 0 Å². The van der Waals surface area contributed by atoms with E-state index >= 15 is 0 Å². The third-order valence-electron chi connectivity index (χ3n) is 4.07. The first-order valence-electron chi connectivity index (χ1n) is 6.61. The number of hydrogen-bond donors (Lipinski definition) is 2. The summed E-state index contributed by atoms with van der Waals surface area (Å²) in [7, 11) is 1.83. The van der Waals surface area contributed by atoms with Crippen LogP contribution in [-0.4, -0.2) is 24.5 Å². The minimum Gasteiger partial charge on any atom is -0.387 e. The summed E-state index contributed by atoms with van der Waals surface area (Å²) in [5, 5.41) is 5.99. The number of hydrogen-bond acceptors (Lipinski definition) is 3. The zero-order valence-corrected chi connectivity index (χ0v) is 11.1. The highest BCUT2D eigenvalue weighted by Crippen LogP contribution is 2.43. The molecule has 1 fully saturated rings. The molecule has 0 saturated heterocycles. The molecule has 0 aliphatic heterocycles. The quantitative estimate of drug-likeness (QED) is 0.840. The first kappa shape index (κ1) is 12.9. The summed E-state index contributed by atoms with van der Waals surface area (Å²) in [6.45, 7) is 2.98. The third kappa shape index (κ3) is 2.63. The Morgan fingerprint density at radius 2 is 2.22 bits per heavy atom. The van der Waals surface area contributed by atoms with Crippen molar-refractivity contribution in [3.8, 4) is 0 Å². The van der Waals surface area contributed by atoms with Gasteiger partial charge in [-0.25, -0.2) is 4.98 Å². The van der Waals surface area contributed by atoms with Gasteiger partial charge in [-0.15, -0.1) is 0 Å². The highest BCUT2D eigenvalue weighted by Gasteiger charge is 2.35. The van der Waals surface area contributed by atoms with Crippen LogP contribution in [0.4, 0.5) is 5.69 Å². The molecule has 0 spiro atoms. The van der Waals surface area contributed by atoms with Gasteiger partial charge in [-0.05, 0) is 36.8 Å². The molecule has 1 saturated carbocycles. The van der Waals surface area contributed by atoms with Crippen molar-refractivity contribution in [1.82, 2.24) is 10.3 Å². The number of carbonyl (C=O) groups excluding carboxylic acids is 1. The topological polar surface area (TPSA) is 54.0 Å². The van der Waals surface area contributed by atoms with Crippen LogP contribution in [0, 0.1) is 5.41 Å². The number of pyridine rings is 1. The van der Waals surface area contributed by atoms with Crippen LogP contribution < -0.4 is 10.6 Å². The van der Waals surface area contributed by atoms with Gasteiger partial charge < -0.3 is 10.6 Å². The Hall–Kier alpha value is -1.58. The second kappa shape index (κ2) is 5.38. The van der Waals surface area contributed by atoms with Gasteiger partial charge in [-0.3, -0.25) is 4.79 Å². The lowest BCUT2D eigenvalue weighted by atomic mass is 9.67. The largest absolute Gasteiger partial charge is 0.387 e. The number of amides is 1. The van der Waals surface area contributed by atoms with E-state index in [4.69, 9.17) is 0 Å². The summed E-state index contributed by atoms with van der Waals surface area (Å²) in [5.41, 5.74) is 1.75. The maximum absolute atomic E-state index is 12.0. The summed E-state index contributed by atoms with van der Waals surface area (Å²) in [6, 6.07) is 3.61. The number of carbonyl (C=O) groups is 1. The molecule has 2 rings (SSSR count). The summed E-state index contributed by atoms with van der Waals surface area (Å²) in [4.78, 5) is 16.1. The summed E-state index contributed by atoms with van der Waals surface area (Å²) in [6.07, 6.45) is 6.57. The molecule has 1 aromatic rings. The zero-order valence-electron chi connectivity index (χ0n) is 11.1.